The Kier molecular flexibility index (Phi) is 6.28. The van der Waals surface area contributed by atoms with Crippen molar-refractivity contribution in [2.45, 2.75) is 26.3 Å². The van der Waals surface area contributed by atoms with Crippen molar-refractivity contribution in [2.24, 2.45) is 0 Å². The Morgan fingerprint density at radius 2 is 2.00 bits per heavy atom. The summed E-state index contributed by atoms with van der Waals surface area (Å²) in [6.45, 7) is 4.06. The molecule has 0 spiro atoms. The summed E-state index contributed by atoms with van der Waals surface area (Å²) in [5.41, 5.74) is 1.50. The Bertz CT molecular complexity index is 843. The number of nitro benzene ring substituents is 1. The Morgan fingerprint density at radius 1 is 1.27 bits per heavy atom. The molecule has 2 rings (SSSR count). The number of nitriles is 1. The Balaban J connectivity index is 2.07. The van der Waals surface area contributed by atoms with Gasteiger partial charge < -0.3 is 10.2 Å². The summed E-state index contributed by atoms with van der Waals surface area (Å²) >= 11 is 0. The van der Waals surface area contributed by atoms with Gasteiger partial charge in [-0.3, -0.25) is 14.9 Å². The Morgan fingerprint density at radius 3 is 2.65 bits per heavy atom. The molecule has 0 saturated carbocycles. The Hall–Kier alpha value is -3.40. The van der Waals surface area contributed by atoms with E-state index in [4.69, 9.17) is 5.26 Å². The first-order chi connectivity index (χ1) is 12.4. The Labute approximate surface area is 152 Å². The summed E-state index contributed by atoms with van der Waals surface area (Å²) in [7, 11) is 0. The number of nitrogens with zero attached hydrogens (tertiary/aromatic N) is 3. The van der Waals surface area contributed by atoms with Gasteiger partial charge in [0.25, 0.3) is 5.69 Å². The number of nitro groups is 1. The second-order valence-corrected chi connectivity index (χ2v) is 5.97. The zero-order valence-electron chi connectivity index (χ0n) is 14.7. The van der Waals surface area contributed by atoms with Gasteiger partial charge in [0.15, 0.2) is 0 Å². The van der Waals surface area contributed by atoms with E-state index in [1.165, 1.54) is 6.07 Å². The van der Waals surface area contributed by atoms with Crippen molar-refractivity contribution in [3.05, 3.63) is 64.2 Å². The van der Waals surface area contributed by atoms with Crippen LogP contribution in [0, 0.1) is 21.4 Å². The minimum Gasteiger partial charge on any atom is -0.379 e. The monoisotopic (exact) mass is 352 g/mol. The molecule has 0 aromatic heterocycles. The van der Waals surface area contributed by atoms with E-state index in [2.05, 4.69) is 11.4 Å². The molecule has 1 amide bonds. The summed E-state index contributed by atoms with van der Waals surface area (Å²) in [5, 5.41) is 23.0. The quantitative estimate of drug-likeness (QED) is 0.605. The maximum absolute atomic E-state index is 12.7. The normalized spacial score (nSPS) is 10.2. The van der Waals surface area contributed by atoms with Crippen LogP contribution in [0.3, 0.4) is 0 Å². The number of carbonyl (C=O) groups excluding carboxylic acids is 1. The third kappa shape index (κ3) is 4.57. The predicted octanol–water partition coefficient (Wildman–Crippen LogP) is 3.71. The molecule has 7 nitrogen and oxygen atoms in total. The summed E-state index contributed by atoms with van der Waals surface area (Å²) in [6.07, 6.45) is 0.168. The lowest BCUT2D eigenvalue weighted by atomic mass is 10.1. The first-order valence-corrected chi connectivity index (χ1v) is 8.23. The number of carbonyl (C=O) groups is 1. The predicted molar refractivity (Wildman–Crippen MR) is 100.0 cm³/mol. The van der Waals surface area contributed by atoms with E-state index in [-0.39, 0.29) is 30.6 Å². The van der Waals surface area contributed by atoms with E-state index >= 15 is 0 Å². The molecule has 7 heteroatoms. The maximum Gasteiger partial charge on any atom is 0.292 e. The highest BCUT2D eigenvalue weighted by Crippen LogP contribution is 2.23. The third-order valence-corrected chi connectivity index (χ3v) is 3.79. The van der Waals surface area contributed by atoms with Gasteiger partial charge in [-0.15, -0.1) is 0 Å². The molecule has 0 atom stereocenters. The van der Waals surface area contributed by atoms with Gasteiger partial charge in [0.05, 0.1) is 16.6 Å². The van der Waals surface area contributed by atoms with Crippen LogP contribution >= 0.6 is 0 Å². The van der Waals surface area contributed by atoms with Crippen LogP contribution in [0.25, 0.3) is 0 Å². The van der Waals surface area contributed by atoms with E-state index in [0.717, 1.165) is 0 Å². The summed E-state index contributed by atoms with van der Waals surface area (Å²) < 4.78 is 0. The fourth-order valence-electron chi connectivity index (χ4n) is 2.66. The van der Waals surface area contributed by atoms with Gasteiger partial charge in [-0.1, -0.05) is 18.2 Å². The third-order valence-electron chi connectivity index (χ3n) is 3.79. The zero-order chi connectivity index (χ0) is 19.1. The van der Waals surface area contributed by atoms with Crippen molar-refractivity contribution in [3.63, 3.8) is 0 Å². The maximum atomic E-state index is 12.7. The van der Waals surface area contributed by atoms with Gasteiger partial charge in [-0.25, -0.2) is 0 Å². The van der Waals surface area contributed by atoms with Gasteiger partial charge >= 0.3 is 0 Å². The number of rotatable bonds is 7. The molecule has 0 radical (unpaired) electrons. The van der Waals surface area contributed by atoms with Crippen molar-refractivity contribution in [1.29, 1.82) is 5.26 Å². The van der Waals surface area contributed by atoms with Gasteiger partial charge in [0.2, 0.25) is 5.91 Å². The highest BCUT2D eigenvalue weighted by molar-refractivity contribution is 5.94. The van der Waals surface area contributed by atoms with E-state index < -0.39 is 4.92 Å². The molecule has 2 aromatic rings. The molecule has 0 saturated heterocycles. The zero-order valence-corrected chi connectivity index (χ0v) is 14.7. The van der Waals surface area contributed by atoms with Crippen LogP contribution in [0.4, 0.5) is 17.1 Å². The van der Waals surface area contributed by atoms with Crippen LogP contribution in [-0.4, -0.2) is 23.4 Å². The highest BCUT2D eigenvalue weighted by atomic mass is 16.6. The van der Waals surface area contributed by atoms with Crippen molar-refractivity contribution >= 4 is 23.0 Å². The average molecular weight is 352 g/mol. The molecule has 0 aliphatic carbocycles. The summed E-state index contributed by atoms with van der Waals surface area (Å²) in [6, 6.07) is 15.2. The van der Waals surface area contributed by atoms with Crippen LogP contribution < -0.4 is 10.2 Å². The first kappa shape index (κ1) is 18.9. The minimum absolute atomic E-state index is 0.0256. The van der Waals surface area contributed by atoms with E-state index in [0.29, 0.717) is 16.9 Å². The van der Waals surface area contributed by atoms with E-state index in [1.807, 2.05) is 13.8 Å². The molecule has 0 fully saturated rings. The van der Waals surface area contributed by atoms with E-state index in [1.54, 1.807) is 47.4 Å². The number of hydrogen-bond acceptors (Lipinski definition) is 5. The lowest BCUT2D eigenvalue weighted by molar-refractivity contribution is -0.384. The van der Waals surface area contributed by atoms with Crippen LogP contribution in [0.5, 0.6) is 0 Å². The van der Waals surface area contributed by atoms with Crippen molar-refractivity contribution < 1.29 is 9.72 Å². The lowest BCUT2D eigenvalue weighted by Gasteiger charge is -2.27. The fourth-order valence-corrected chi connectivity index (χ4v) is 2.66. The number of hydrogen-bond donors (Lipinski definition) is 1. The molecule has 134 valence electrons. The highest BCUT2D eigenvalue weighted by Gasteiger charge is 2.19. The van der Waals surface area contributed by atoms with Crippen LogP contribution in [0.1, 0.15) is 25.8 Å². The summed E-state index contributed by atoms with van der Waals surface area (Å²) in [4.78, 5) is 24.9. The smallest absolute Gasteiger partial charge is 0.292 e. The van der Waals surface area contributed by atoms with Crippen molar-refractivity contribution in [3.8, 4) is 6.07 Å². The van der Waals surface area contributed by atoms with Gasteiger partial charge in [-0.05, 0) is 38.1 Å². The molecule has 2 aromatic carbocycles. The topological polar surface area (TPSA) is 99.3 Å². The van der Waals surface area contributed by atoms with Crippen LogP contribution in [0.2, 0.25) is 0 Å². The number of benzene rings is 2. The van der Waals surface area contributed by atoms with Crippen LogP contribution in [0.15, 0.2) is 48.5 Å². The lowest BCUT2D eigenvalue weighted by Crippen LogP contribution is -2.37. The molecule has 1 N–H and O–H groups in total. The molecular weight excluding hydrogens is 332 g/mol. The molecular formula is C19H20N4O3. The minimum atomic E-state index is -0.460. The van der Waals surface area contributed by atoms with E-state index in [9.17, 15) is 14.9 Å². The standard InChI is InChI=1S/C19H20N4O3/c1-14(2)22(16-7-5-6-15(12-16)13-20)19(24)10-11-21-17-8-3-4-9-18(17)23(25)26/h3-9,12,14,21H,10-11H2,1-2H3. The number of para-hydroxylation sites is 2. The number of anilines is 2. The number of nitrogens with one attached hydrogen (secondary N) is 1. The second-order valence-electron chi connectivity index (χ2n) is 5.97. The van der Waals surface area contributed by atoms with Gasteiger partial charge in [-0.2, -0.15) is 5.26 Å². The molecule has 0 heterocycles. The van der Waals surface area contributed by atoms with Gasteiger partial charge in [0, 0.05) is 30.8 Å². The van der Waals surface area contributed by atoms with Crippen LogP contribution in [-0.2, 0) is 4.79 Å². The molecule has 26 heavy (non-hydrogen) atoms. The molecule has 0 aliphatic rings. The summed E-state index contributed by atoms with van der Waals surface area (Å²) in [5.74, 6) is -0.124. The molecule has 0 aliphatic heterocycles. The van der Waals surface area contributed by atoms with Crippen molar-refractivity contribution in [2.75, 3.05) is 16.8 Å². The molecule has 0 unspecified atom stereocenters. The average Bonchev–Trinajstić information content (AvgIpc) is 2.62. The fraction of sp³-hybridized carbons (Fsp3) is 0.263. The number of amides is 1. The van der Waals surface area contributed by atoms with Crippen molar-refractivity contribution in [1.82, 2.24) is 0 Å². The second kappa shape index (κ2) is 8.62. The first-order valence-electron chi connectivity index (χ1n) is 8.23. The molecule has 0 bridgehead atoms. The van der Waals surface area contributed by atoms with Gasteiger partial charge in [0.1, 0.15) is 5.69 Å². The largest absolute Gasteiger partial charge is 0.379 e. The SMILES string of the molecule is CC(C)N(C(=O)CCNc1ccccc1[N+](=O)[O-])c1cccc(C#N)c1.